The fourth-order valence-electron chi connectivity index (χ4n) is 2.28. The fraction of sp³-hybridized carbons (Fsp3) is 0.133. The van der Waals surface area contributed by atoms with Crippen LogP contribution in [-0.4, -0.2) is 16.2 Å². The summed E-state index contributed by atoms with van der Waals surface area (Å²) in [4.78, 5) is 4.45. The van der Waals surface area contributed by atoms with Crippen molar-refractivity contribution in [1.82, 2.24) is 9.55 Å². The molecule has 0 saturated carbocycles. The Balaban J connectivity index is 2.28. The molecule has 0 fully saturated rings. The van der Waals surface area contributed by atoms with E-state index < -0.39 is 0 Å². The molecule has 4 nitrogen and oxygen atoms in total. The zero-order chi connectivity index (χ0) is 15.0. The van der Waals surface area contributed by atoms with Crippen molar-refractivity contribution in [3.8, 4) is 11.4 Å². The molecule has 0 unspecified atom stereocenters. The number of hydrogen-bond acceptors (Lipinski definition) is 3. The van der Waals surface area contributed by atoms with Crippen LogP contribution in [0.1, 0.15) is 6.92 Å². The minimum Gasteiger partial charge on any atom is -0.492 e. The Hall–Kier alpha value is -1.53. The quantitative estimate of drug-likeness (QED) is 0.689. The van der Waals surface area contributed by atoms with Crippen LogP contribution in [0.2, 0.25) is 0 Å². The van der Waals surface area contributed by atoms with Gasteiger partial charge in [-0.2, -0.15) is 0 Å². The molecule has 0 saturated heterocycles. The number of aromatic nitrogens is 2. The second kappa shape index (κ2) is 5.69. The molecule has 1 aromatic heterocycles. The predicted octanol–water partition coefficient (Wildman–Crippen LogP) is 4.53. The number of fused-ring (bicyclic) bond motifs is 1. The number of nitrogens with two attached hydrogens (primary N) is 1. The molecule has 3 aromatic rings. The second-order valence-electron chi connectivity index (χ2n) is 4.46. The number of hydrogen-bond donors (Lipinski definition) is 1. The van der Waals surface area contributed by atoms with Crippen LogP contribution in [0.25, 0.3) is 16.7 Å². The monoisotopic (exact) mass is 409 g/mol. The molecule has 0 aliphatic heterocycles. The van der Waals surface area contributed by atoms with E-state index in [1.54, 1.807) is 0 Å². The van der Waals surface area contributed by atoms with Crippen molar-refractivity contribution in [2.75, 3.05) is 12.3 Å². The van der Waals surface area contributed by atoms with Crippen molar-refractivity contribution in [3.63, 3.8) is 0 Å². The third kappa shape index (κ3) is 2.53. The average Bonchev–Trinajstić information content (AvgIpc) is 2.77. The van der Waals surface area contributed by atoms with Gasteiger partial charge in [-0.3, -0.25) is 4.57 Å². The van der Waals surface area contributed by atoms with Crippen molar-refractivity contribution in [1.29, 1.82) is 0 Å². The highest BCUT2D eigenvalue weighted by Crippen LogP contribution is 2.33. The number of ether oxygens (including phenoxy) is 1. The summed E-state index contributed by atoms with van der Waals surface area (Å²) in [5.41, 5.74) is 8.75. The molecule has 108 valence electrons. The van der Waals surface area contributed by atoms with E-state index in [1.165, 1.54) is 0 Å². The summed E-state index contributed by atoms with van der Waals surface area (Å²) in [6.45, 7) is 2.54. The highest BCUT2D eigenvalue weighted by molar-refractivity contribution is 9.11. The standard InChI is InChI=1S/C15H13Br2N3O/c1-2-21-13-5-3-4-12-14(13)19-15(18)20(12)11-7-6-9(16)8-10(11)17/h3-8H,2H2,1H3,(H2,18,19). The van der Waals surface area contributed by atoms with Gasteiger partial charge in [-0.1, -0.05) is 22.0 Å². The third-order valence-corrected chi connectivity index (χ3v) is 4.25. The zero-order valence-corrected chi connectivity index (χ0v) is 14.5. The number of benzene rings is 2. The molecule has 3 rings (SSSR count). The van der Waals surface area contributed by atoms with E-state index in [4.69, 9.17) is 10.5 Å². The van der Waals surface area contributed by atoms with Crippen molar-refractivity contribution in [3.05, 3.63) is 45.3 Å². The van der Waals surface area contributed by atoms with Crippen LogP contribution in [0.15, 0.2) is 45.3 Å². The lowest BCUT2D eigenvalue weighted by Gasteiger charge is -2.10. The molecule has 0 aliphatic rings. The number of halogens is 2. The van der Waals surface area contributed by atoms with Gasteiger partial charge in [0.1, 0.15) is 11.3 Å². The zero-order valence-electron chi connectivity index (χ0n) is 11.3. The van der Waals surface area contributed by atoms with Crippen LogP contribution in [0, 0.1) is 0 Å². The van der Waals surface area contributed by atoms with E-state index in [2.05, 4.69) is 36.8 Å². The minimum atomic E-state index is 0.431. The Labute approximate surface area is 139 Å². The topological polar surface area (TPSA) is 53.1 Å². The van der Waals surface area contributed by atoms with Crippen molar-refractivity contribution in [2.45, 2.75) is 6.92 Å². The number of imidazole rings is 1. The Morgan fingerprint density at radius 3 is 2.76 bits per heavy atom. The minimum absolute atomic E-state index is 0.431. The lowest BCUT2D eigenvalue weighted by atomic mass is 10.2. The summed E-state index contributed by atoms with van der Waals surface area (Å²) in [6, 6.07) is 11.8. The first-order valence-electron chi connectivity index (χ1n) is 6.47. The molecule has 0 spiro atoms. The van der Waals surface area contributed by atoms with Crippen LogP contribution in [0.4, 0.5) is 5.95 Å². The van der Waals surface area contributed by atoms with Crippen molar-refractivity contribution >= 4 is 48.8 Å². The highest BCUT2D eigenvalue weighted by atomic mass is 79.9. The Bertz CT molecular complexity index is 814. The summed E-state index contributed by atoms with van der Waals surface area (Å²) in [5, 5.41) is 0. The molecule has 1 heterocycles. The summed E-state index contributed by atoms with van der Waals surface area (Å²) < 4.78 is 9.46. The SMILES string of the molecule is CCOc1cccc2c1nc(N)n2-c1ccc(Br)cc1Br. The molecule has 2 aromatic carbocycles. The van der Waals surface area contributed by atoms with Gasteiger partial charge >= 0.3 is 0 Å². The van der Waals surface area contributed by atoms with E-state index in [0.29, 0.717) is 12.6 Å². The Morgan fingerprint density at radius 1 is 1.24 bits per heavy atom. The van der Waals surface area contributed by atoms with Crippen molar-refractivity contribution < 1.29 is 4.74 Å². The molecule has 0 atom stereocenters. The van der Waals surface area contributed by atoms with E-state index in [-0.39, 0.29) is 0 Å². The van der Waals surface area contributed by atoms with Crippen molar-refractivity contribution in [2.24, 2.45) is 0 Å². The molecule has 0 bridgehead atoms. The van der Waals surface area contributed by atoms with E-state index in [1.807, 2.05) is 47.9 Å². The van der Waals surface area contributed by atoms with Gasteiger partial charge in [-0.25, -0.2) is 4.98 Å². The molecule has 6 heteroatoms. The van der Waals surface area contributed by atoms with Gasteiger partial charge in [0.2, 0.25) is 5.95 Å². The Kier molecular flexibility index (Phi) is 3.91. The van der Waals surface area contributed by atoms with Gasteiger partial charge in [-0.15, -0.1) is 0 Å². The van der Waals surface area contributed by atoms with E-state index in [0.717, 1.165) is 31.4 Å². The lowest BCUT2D eigenvalue weighted by molar-refractivity contribution is 0.344. The van der Waals surface area contributed by atoms with Crippen LogP contribution in [-0.2, 0) is 0 Å². The van der Waals surface area contributed by atoms with Crippen LogP contribution >= 0.6 is 31.9 Å². The van der Waals surface area contributed by atoms with Crippen LogP contribution in [0.3, 0.4) is 0 Å². The van der Waals surface area contributed by atoms with Crippen LogP contribution in [0.5, 0.6) is 5.75 Å². The summed E-state index contributed by atoms with van der Waals surface area (Å²) >= 11 is 7.03. The summed E-state index contributed by atoms with van der Waals surface area (Å²) in [7, 11) is 0. The molecule has 0 aliphatic carbocycles. The highest BCUT2D eigenvalue weighted by Gasteiger charge is 2.15. The number of anilines is 1. The van der Waals surface area contributed by atoms with Gasteiger partial charge in [0.25, 0.3) is 0 Å². The molecule has 0 amide bonds. The number of nitrogens with zero attached hydrogens (tertiary/aromatic N) is 2. The normalized spacial score (nSPS) is 11.0. The van der Waals surface area contributed by atoms with E-state index >= 15 is 0 Å². The van der Waals surface area contributed by atoms with Gasteiger partial charge in [-0.05, 0) is 53.2 Å². The summed E-state index contributed by atoms with van der Waals surface area (Å²) in [5.74, 6) is 1.17. The molecular formula is C15H13Br2N3O. The third-order valence-electron chi connectivity index (χ3n) is 3.12. The number of para-hydroxylation sites is 1. The van der Waals surface area contributed by atoms with Gasteiger partial charge in [0.05, 0.1) is 17.8 Å². The number of nitrogen functional groups attached to an aromatic ring is 1. The molecule has 21 heavy (non-hydrogen) atoms. The maximum absolute atomic E-state index is 6.12. The fourth-order valence-corrected chi connectivity index (χ4v) is 3.50. The second-order valence-corrected chi connectivity index (χ2v) is 6.23. The molecule has 2 N–H and O–H groups in total. The van der Waals surface area contributed by atoms with Crippen LogP contribution < -0.4 is 10.5 Å². The largest absolute Gasteiger partial charge is 0.492 e. The maximum atomic E-state index is 6.12. The lowest BCUT2D eigenvalue weighted by Crippen LogP contribution is -2.01. The molecule has 0 radical (unpaired) electrons. The first kappa shape index (κ1) is 14.4. The summed E-state index contributed by atoms with van der Waals surface area (Å²) in [6.07, 6.45) is 0. The van der Waals surface area contributed by atoms with Gasteiger partial charge in [0, 0.05) is 8.95 Å². The van der Waals surface area contributed by atoms with E-state index in [9.17, 15) is 0 Å². The Morgan fingerprint density at radius 2 is 2.05 bits per heavy atom. The first-order chi connectivity index (χ1) is 10.1. The number of rotatable bonds is 3. The smallest absolute Gasteiger partial charge is 0.206 e. The van der Waals surface area contributed by atoms with Gasteiger partial charge in [0.15, 0.2) is 0 Å². The maximum Gasteiger partial charge on any atom is 0.206 e. The first-order valence-corrected chi connectivity index (χ1v) is 8.05. The van der Waals surface area contributed by atoms with Gasteiger partial charge < -0.3 is 10.5 Å². The average molecular weight is 411 g/mol. The predicted molar refractivity (Wildman–Crippen MR) is 92.1 cm³/mol. The molecular weight excluding hydrogens is 398 g/mol.